The highest BCUT2D eigenvalue weighted by Crippen LogP contribution is 2.24. The fourth-order valence-corrected chi connectivity index (χ4v) is 1.81. The van der Waals surface area contributed by atoms with Crippen molar-refractivity contribution in [3.63, 3.8) is 0 Å². The van der Waals surface area contributed by atoms with Crippen LogP contribution in [0.25, 0.3) is 0 Å². The first-order chi connectivity index (χ1) is 5.81. The molecule has 2 aliphatic heterocycles. The lowest BCUT2D eigenvalue weighted by Gasteiger charge is -2.10. The van der Waals surface area contributed by atoms with Crippen LogP contribution >= 0.6 is 11.8 Å². The molecule has 62 valence electrons. The number of carbonyl (C=O) groups excluding carboxylic acids is 1. The van der Waals surface area contributed by atoms with Crippen molar-refractivity contribution in [1.29, 1.82) is 0 Å². The molecule has 0 aliphatic carbocycles. The van der Waals surface area contributed by atoms with Gasteiger partial charge in [0.15, 0.2) is 16.3 Å². The average Bonchev–Trinajstić information content (AvgIpc) is 2.49. The molecule has 0 saturated heterocycles. The molecule has 6 heteroatoms. The number of aliphatic imine (C=N–C) groups is 3. The molecule has 12 heavy (non-hydrogen) atoms. The molecule has 0 radical (unpaired) electrons. The Morgan fingerprint density at radius 3 is 3.25 bits per heavy atom. The summed E-state index contributed by atoms with van der Waals surface area (Å²) in [7, 11) is 1.64. The molecule has 0 aromatic rings. The zero-order valence-electron chi connectivity index (χ0n) is 6.31. The van der Waals surface area contributed by atoms with Crippen molar-refractivity contribution in [1.82, 2.24) is 5.32 Å². The molecule has 0 spiro atoms. The first kappa shape index (κ1) is 7.48. The topological polar surface area (TPSA) is 66.2 Å². The smallest absolute Gasteiger partial charge is 0.246 e. The van der Waals surface area contributed by atoms with Crippen LogP contribution in [-0.2, 0) is 4.79 Å². The number of thioether (sulfide) groups is 1. The molecular formula is C6H6N4OS. The Hall–Kier alpha value is -1.17. The van der Waals surface area contributed by atoms with Gasteiger partial charge >= 0.3 is 0 Å². The minimum Gasteiger partial charge on any atom is -0.315 e. The summed E-state index contributed by atoms with van der Waals surface area (Å²) in [4.78, 5) is 23.0. The monoisotopic (exact) mass is 182 g/mol. The molecule has 1 amide bonds. The van der Waals surface area contributed by atoms with Crippen molar-refractivity contribution in [2.24, 2.45) is 15.0 Å². The second-order valence-electron chi connectivity index (χ2n) is 2.24. The van der Waals surface area contributed by atoms with Gasteiger partial charge in [-0.15, -0.1) is 0 Å². The van der Waals surface area contributed by atoms with Gasteiger partial charge in [-0.3, -0.25) is 9.79 Å². The van der Waals surface area contributed by atoms with Crippen molar-refractivity contribution in [2.45, 2.75) is 5.25 Å². The van der Waals surface area contributed by atoms with Gasteiger partial charge in [0.05, 0.1) is 6.34 Å². The largest absolute Gasteiger partial charge is 0.315 e. The van der Waals surface area contributed by atoms with Crippen LogP contribution in [-0.4, -0.2) is 35.5 Å². The van der Waals surface area contributed by atoms with Gasteiger partial charge in [0.1, 0.15) is 0 Å². The highest BCUT2D eigenvalue weighted by atomic mass is 32.2. The third kappa shape index (κ3) is 1.04. The maximum atomic E-state index is 11.2. The molecule has 0 aromatic heterocycles. The van der Waals surface area contributed by atoms with Crippen LogP contribution in [0.5, 0.6) is 0 Å². The number of carbonyl (C=O) groups is 1. The number of amidine groups is 2. The first-order valence-corrected chi connectivity index (χ1v) is 4.24. The molecule has 0 bridgehead atoms. The number of amides is 1. The third-order valence-electron chi connectivity index (χ3n) is 1.50. The van der Waals surface area contributed by atoms with E-state index in [9.17, 15) is 4.79 Å². The van der Waals surface area contributed by atoms with E-state index in [2.05, 4.69) is 20.3 Å². The Kier molecular flexibility index (Phi) is 1.69. The predicted molar refractivity (Wildman–Crippen MR) is 48.8 cm³/mol. The molecule has 5 nitrogen and oxygen atoms in total. The maximum Gasteiger partial charge on any atom is 0.246 e. The van der Waals surface area contributed by atoms with E-state index in [4.69, 9.17) is 0 Å². The molecule has 2 rings (SSSR count). The van der Waals surface area contributed by atoms with Crippen LogP contribution in [0.3, 0.4) is 0 Å². The third-order valence-corrected chi connectivity index (χ3v) is 2.65. The van der Waals surface area contributed by atoms with E-state index in [1.165, 1.54) is 18.1 Å². The lowest BCUT2D eigenvalue weighted by atomic mass is 10.3. The summed E-state index contributed by atoms with van der Waals surface area (Å²) in [5.41, 5.74) is 0. The van der Waals surface area contributed by atoms with E-state index >= 15 is 0 Å². The SMILES string of the molecule is CN=C1N=C2N=CNC(=O)C2S1. The highest BCUT2D eigenvalue weighted by Gasteiger charge is 2.34. The lowest BCUT2D eigenvalue weighted by Crippen LogP contribution is -2.39. The lowest BCUT2D eigenvalue weighted by molar-refractivity contribution is -0.118. The Bertz CT molecular complexity index is 320. The predicted octanol–water partition coefficient (Wildman–Crippen LogP) is -0.356. The number of fused-ring (bicyclic) bond motifs is 1. The summed E-state index contributed by atoms with van der Waals surface area (Å²) in [5.74, 6) is 0.469. The normalized spacial score (nSPS) is 30.1. The quantitative estimate of drug-likeness (QED) is 0.556. The van der Waals surface area contributed by atoms with Gasteiger partial charge in [0.2, 0.25) is 5.91 Å². The summed E-state index contributed by atoms with van der Waals surface area (Å²) in [6.07, 6.45) is 1.36. The van der Waals surface area contributed by atoms with Crippen LogP contribution in [0.4, 0.5) is 0 Å². The fourth-order valence-electron chi connectivity index (χ4n) is 0.949. The van der Waals surface area contributed by atoms with Gasteiger partial charge in [0, 0.05) is 7.05 Å². The summed E-state index contributed by atoms with van der Waals surface area (Å²) >= 11 is 1.32. The fraction of sp³-hybridized carbons (Fsp3) is 0.333. The van der Waals surface area contributed by atoms with Gasteiger partial charge in [-0.2, -0.15) is 0 Å². The molecule has 1 N–H and O–H groups in total. The van der Waals surface area contributed by atoms with E-state index < -0.39 is 0 Å². The van der Waals surface area contributed by atoms with E-state index in [0.717, 1.165) is 0 Å². The molecule has 1 atom stereocenters. The van der Waals surface area contributed by atoms with Crippen molar-refractivity contribution in [2.75, 3.05) is 7.05 Å². The van der Waals surface area contributed by atoms with E-state index in [1.807, 2.05) is 0 Å². The molecule has 0 aromatic carbocycles. The van der Waals surface area contributed by atoms with Crippen LogP contribution in [0.1, 0.15) is 0 Å². The molecule has 2 aliphatic rings. The molecule has 0 saturated carbocycles. The van der Waals surface area contributed by atoms with Gasteiger partial charge in [-0.25, -0.2) is 9.98 Å². The standard InChI is InChI=1S/C6H6N4OS/c1-7-6-10-4-3(12-6)5(11)9-2-8-4/h2-3H,1H3,(H,7,8,9,10,11). The van der Waals surface area contributed by atoms with Crippen LogP contribution in [0.2, 0.25) is 0 Å². The van der Waals surface area contributed by atoms with E-state index in [0.29, 0.717) is 11.0 Å². The zero-order chi connectivity index (χ0) is 8.55. The Morgan fingerprint density at radius 1 is 1.75 bits per heavy atom. The zero-order valence-corrected chi connectivity index (χ0v) is 7.13. The average molecular weight is 182 g/mol. The molecule has 0 fully saturated rings. The van der Waals surface area contributed by atoms with Crippen molar-refractivity contribution < 1.29 is 4.79 Å². The second kappa shape index (κ2) is 2.71. The molecular weight excluding hydrogens is 176 g/mol. The number of nitrogens with zero attached hydrogens (tertiary/aromatic N) is 3. The highest BCUT2D eigenvalue weighted by molar-refractivity contribution is 8.16. The van der Waals surface area contributed by atoms with E-state index in [-0.39, 0.29) is 11.2 Å². The molecule has 2 heterocycles. The molecule has 1 unspecified atom stereocenters. The van der Waals surface area contributed by atoms with Gasteiger partial charge in [0.25, 0.3) is 0 Å². The van der Waals surface area contributed by atoms with E-state index in [1.54, 1.807) is 7.05 Å². The van der Waals surface area contributed by atoms with Crippen LogP contribution < -0.4 is 5.32 Å². The van der Waals surface area contributed by atoms with Crippen molar-refractivity contribution in [3.8, 4) is 0 Å². The summed E-state index contributed by atoms with van der Waals surface area (Å²) in [5, 5.41) is 2.83. The Labute approximate surface area is 73.1 Å². The summed E-state index contributed by atoms with van der Waals surface area (Å²) in [6, 6.07) is 0. The van der Waals surface area contributed by atoms with Crippen LogP contribution in [0, 0.1) is 0 Å². The maximum absolute atomic E-state index is 11.2. The van der Waals surface area contributed by atoms with Crippen LogP contribution in [0.15, 0.2) is 15.0 Å². The number of nitrogens with one attached hydrogen (secondary N) is 1. The van der Waals surface area contributed by atoms with Gasteiger partial charge in [-0.05, 0) is 0 Å². The minimum atomic E-state index is -0.298. The Morgan fingerprint density at radius 2 is 2.58 bits per heavy atom. The minimum absolute atomic E-state index is 0.0765. The first-order valence-electron chi connectivity index (χ1n) is 3.36. The number of hydrogen-bond donors (Lipinski definition) is 1. The summed E-state index contributed by atoms with van der Waals surface area (Å²) < 4.78 is 0. The second-order valence-corrected chi connectivity index (χ2v) is 3.31. The summed E-state index contributed by atoms with van der Waals surface area (Å²) in [6.45, 7) is 0. The number of rotatable bonds is 0. The van der Waals surface area contributed by atoms with Crippen molar-refractivity contribution in [3.05, 3.63) is 0 Å². The number of hydrogen-bond acceptors (Lipinski definition) is 4. The van der Waals surface area contributed by atoms with Crippen molar-refractivity contribution >= 4 is 35.0 Å². The Balaban J connectivity index is 2.35. The van der Waals surface area contributed by atoms with Gasteiger partial charge < -0.3 is 5.32 Å². The van der Waals surface area contributed by atoms with Gasteiger partial charge in [-0.1, -0.05) is 11.8 Å².